The van der Waals surface area contributed by atoms with Crippen LogP contribution in [0.1, 0.15) is 11.1 Å². The highest BCUT2D eigenvalue weighted by molar-refractivity contribution is 9.10. The fourth-order valence-corrected chi connectivity index (χ4v) is 2.34. The minimum Gasteiger partial charge on any atom is -0.383 e. The molecule has 0 radical (unpaired) electrons. The van der Waals surface area contributed by atoms with Crippen molar-refractivity contribution in [1.29, 1.82) is 0 Å². The molecule has 1 saturated heterocycles. The van der Waals surface area contributed by atoms with E-state index in [0.29, 0.717) is 0 Å². The van der Waals surface area contributed by atoms with Gasteiger partial charge < -0.3 is 15.5 Å². The fourth-order valence-electron chi connectivity index (χ4n) is 2.11. The number of nitrogens with one attached hydrogen (secondary N) is 2. The number of benzene rings is 1. The third-order valence-electron chi connectivity index (χ3n) is 3.09. The van der Waals surface area contributed by atoms with Crippen molar-refractivity contribution < 1.29 is 4.79 Å². The Hall–Kier alpha value is -1.23. The molecule has 0 saturated carbocycles. The summed E-state index contributed by atoms with van der Waals surface area (Å²) in [6.07, 6.45) is 0. The Morgan fingerprint density at radius 1 is 1.39 bits per heavy atom. The Kier molecular flexibility index (Phi) is 4.11. The molecule has 1 aliphatic rings. The highest BCUT2D eigenvalue weighted by Gasteiger charge is 2.18. The van der Waals surface area contributed by atoms with E-state index in [1.807, 2.05) is 4.90 Å². The first-order valence-corrected chi connectivity index (χ1v) is 6.90. The second-order valence-corrected chi connectivity index (χ2v) is 5.36. The van der Waals surface area contributed by atoms with Crippen LogP contribution >= 0.6 is 15.9 Å². The largest absolute Gasteiger partial charge is 0.383 e. The molecule has 0 bridgehead atoms. The molecule has 4 nitrogen and oxygen atoms in total. The number of nitrogens with zero attached hydrogens (tertiary/aromatic N) is 1. The smallest absolute Gasteiger partial charge is 0.317 e. The summed E-state index contributed by atoms with van der Waals surface area (Å²) >= 11 is 3.55. The quantitative estimate of drug-likeness (QED) is 0.897. The van der Waals surface area contributed by atoms with Crippen molar-refractivity contribution in [3.05, 3.63) is 27.7 Å². The second-order valence-electron chi connectivity index (χ2n) is 4.57. The Bertz CT molecular complexity index is 439. The zero-order valence-electron chi connectivity index (χ0n) is 10.7. The van der Waals surface area contributed by atoms with Crippen LogP contribution in [0.3, 0.4) is 0 Å². The average Bonchev–Trinajstić information content (AvgIpc) is 2.72. The van der Waals surface area contributed by atoms with Crippen LogP contribution in [0.5, 0.6) is 0 Å². The van der Waals surface area contributed by atoms with Crippen molar-refractivity contribution >= 4 is 27.6 Å². The van der Waals surface area contributed by atoms with E-state index in [9.17, 15) is 4.79 Å². The van der Waals surface area contributed by atoms with Gasteiger partial charge >= 0.3 is 6.03 Å². The van der Waals surface area contributed by atoms with Crippen LogP contribution in [0.4, 0.5) is 10.5 Å². The van der Waals surface area contributed by atoms with E-state index < -0.39 is 0 Å². The zero-order valence-corrected chi connectivity index (χ0v) is 12.3. The number of aryl methyl sites for hydroxylation is 2. The van der Waals surface area contributed by atoms with Gasteiger partial charge in [0.2, 0.25) is 0 Å². The molecule has 0 spiro atoms. The molecule has 1 heterocycles. The van der Waals surface area contributed by atoms with Gasteiger partial charge in [-0.2, -0.15) is 0 Å². The van der Waals surface area contributed by atoms with Crippen molar-refractivity contribution in [3.8, 4) is 0 Å². The predicted molar refractivity (Wildman–Crippen MR) is 77.1 cm³/mol. The maximum absolute atomic E-state index is 11.4. The number of carbonyl (C=O) groups is 1. The number of hydrogen-bond acceptors (Lipinski definition) is 2. The highest BCUT2D eigenvalue weighted by Crippen LogP contribution is 2.24. The molecule has 1 fully saturated rings. The van der Waals surface area contributed by atoms with E-state index >= 15 is 0 Å². The molecule has 1 aliphatic heterocycles. The van der Waals surface area contributed by atoms with Gasteiger partial charge in [-0.3, -0.25) is 0 Å². The first-order valence-electron chi connectivity index (χ1n) is 6.11. The predicted octanol–water partition coefficient (Wildman–Crippen LogP) is 2.50. The molecule has 2 rings (SSSR count). The van der Waals surface area contributed by atoms with Gasteiger partial charge in [-0.05, 0) is 37.1 Å². The van der Waals surface area contributed by atoms with Crippen molar-refractivity contribution in [2.24, 2.45) is 0 Å². The Labute approximate surface area is 116 Å². The maximum atomic E-state index is 11.4. The molecule has 0 aliphatic carbocycles. The molecular formula is C13H18BrN3O. The molecule has 18 heavy (non-hydrogen) atoms. The summed E-state index contributed by atoms with van der Waals surface area (Å²) < 4.78 is 1.16. The summed E-state index contributed by atoms with van der Waals surface area (Å²) in [6, 6.07) is 4.27. The molecule has 2 amide bonds. The van der Waals surface area contributed by atoms with Crippen LogP contribution in [-0.4, -0.2) is 37.1 Å². The molecule has 5 heteroatoms. The number of carbonyl (C=O) groups excluding carboxylic acids is 1. The van der Waals surface area contributed by atoms with E-state index in [0.717, 1.165) is 36.3 Å². The maximum Gasteiger partial charge on any atom is 0.317 e. The van der Waals surface area contributed by atoms with E-state index in [-0.39, 0.29) is 6.03 Å². The fraction of sp³-hybridized carbons (Fsp3) is 0.462. The van der Waals surface area contributed by atoms with E-state index in [2.05, 4.69) is 52.5 Å². The molecule has 98 valence electrons. The van der Waals surface area contributed by atoms with Gasteiger partial charge in [0, 0.05) is 36.3 Å². The number of amides is 2. The molecule has 1 aromatic rings. The van der Waals surface area contributed by atoms with Gasteiger partial charge in [0.1, 0.15) is 0 Å². The van der Waals surface area contributed by atoms with Crippen LogP contribution < -0.4 is 10.6 Å². The van der Waals surface area contributed by atoms with Gasteiger partial charge in [-0.25, -0.2) is 4.79 Å². The summed E-state index contributed by atoms with van der Waals surface area (Å²) in [4.78, 5) is 13.2. The Balaban J connectivity index is 1.88. The Morgan fingerprint density at radius 3 is 2.61 bits per heavy atom. The highest BCUT2D eigenvalue weighted by atomic mass is 79.9. The van der Waals surface area contributed by atoms with Crippen LogP contribution in [0.15, 0.2) is 16.6 Å². The van der Waals surface area contributed by atoms with E-state index in [1.54, 1.807) is 0 Å². The molecule has 1 aromatic carbocycles. The number of anilines is 1. The van der Waals surface area contributed by atoms with Crippen LogP contribution in [0.2, 0.25) is 0 Å². The van der Waals surface area contributed by atoms with Crippen molar-refractivity contribution in [2.45, 2.75) is 13.8 Å². The molecular weight excluding hydrogens is 294 g/mol. The lowest BCUT2D eigenvalue weighted by molar-refractivity contribution is 0.219. The molecule has 2 N–H and O–H groups in total. The first kappa shape index (κ1) is 13.2. The number of urea groups is 1. The number of halogens is 1. The number of rotatable bonds is 4. The monoisotopic (exact) mass is 311 g/mol. The standard InChI is InChI=1S/C13H18BrN3O/c1-9-7-11(8-10(2)12(9)14)15-3-5-17-6-4-16-13(17)18/h7-8,15H,3-6H2,1-2H3,(H,16,18). The lowest BCUT2D eigenvalue weighted by Crippen LogP contribution is -2.32. The zero-order chi connectivity index (χ0) is 13.1. The molecule has 0 atom stereocenters. The van der Waals surface area contributed by atoms with Crippen LogP contribution in [0, 0.1) is 13.8 Å². The van der Waals surface area contributed by atoms with E-state index in [4.69, 9.17) is 0 Å². The van der Waals surface area contributed by atoms with E-state index in [1.165, 1.54) is 11.1 Å². The molecule has 0 unspecified atom stereocenters. The third-order valence-corrected chi connectivity index (χ3v) is 4.34. The number of hydrogen-bond donors (Lipinski definition) is 2. The SMILES string of the molecule is Cc1cc(NCCN2CCNC2=O)cc(C)c1Br. The summed E-state index contributed by atoms with van der Waals surface area (Å²) in [5.41, 5.74) is 3.54. The minimum absolute atomic E-state index is 0.0416. The van der Waals surface area contributed by atoms with Crippen molar-refractivity contribution in [3.63, 3.8) is 0 Å². The second kappa shape index (κ2) is 5.61. The van der Waals surface area contributed by atoms with Gasteiger partial charge in [0.05, 0.1) is 0 Å². The van der Waals surface area contributed by atoms with Crippen molar-refractivity contribution in [1.82, 2.24) is 10.2 Å². The summed E-state index contributed by atoms with van der Waals surface area (Å²) in [5.74, 6) is 0. The first-order chi connectivity index (χ1) is 8.58. The van der Waals surface area contributed by atoms with Gasteiger partial charge in [-0.15, -0.1) is 0 Å². The third kappa shape index (κ3) is 2.96. The van der Waals surface area contributed by atoms with Gasteiger partial charge in [-0.1, -0.05) is 15.9 Å². The topological polar surface area (TPSA) is 44.4 Å². The summed E-state index contributed by atoms with van der Waals surface area (Å²) in [6.45, 7) is 7.23. The van der Waals surface area contributed by atoms with Crippen LogP contribution in [-0.2, 0) is 0 Å². The minimum atomic E-state index is 0.0416. The average molecular weight is 312 g/mol. The molecule has 0 aromatic heterocycles. The lowest BCUT2D eigenvalue weighted by atomic mass is 10.1. The van der Waals surface area contributed by atoms with Crippen LogP contribution in [0.25, 0.3) is 0 Å². The van der Waals surface area contributed by atoms with Gasteiger partial charge in [0.25, 0.3) is 0 Å². The van der Waals surface area contributed by atoms with Gasteiger partial charge in [0.15, 0.2) is 0 Å². The normalized spacial score (nSPS) is 14.8. The van der Waals surface area contributed by atoms with Crippen molar-refractivity contribution in [2.75, 3.05) is 31.5 Å². The Morgan fingerprint density at radius 2 is 2.06 bits per heavy atom. The summed E-state index contributed by atoms with van der Waals surface area (Å²) in [7, 11) is 0. The summed E-state index contributed by atoms with van der Waals surface area (Å²) in [5, 5.41) is 6.16. The lowest BCUT2D eigenvalue weighted by Gasteiger charge is -2.16.